The van der Waals surface area contributed by atoms with E-state index in [1.54, 1.807) is 14.0 Å². The zero-order valence-electron chi connectivity index (χ0n) is 10.5. The highest BCUT2D eigenvalue weighted by molar-refractivity contribution is 6.18. The molecular formula is C12H15ClN2O3. The Balaban J connectivity index is 3.01. The smallest absolute Gasteiger partial charge is 0.272 e. The molecule has 6 heteroatoms. The molecule has 0 heterocycles. The quantitative estimate of drug-likeness (QED) is 0.480. The third kappa shape index (κ3) is 2.98. The lowest BCUT2D eigenvalue weighted by atomic mass is 10.1. The first-order valence-corrected chi connectivity index (χ1v) is 6.00. The maximum atomic E-state index is 12.1. The van der Waals surface area contributed by atoms with Crippen molar-refractivity contribution in [3.63, 3.8) is 0 Å². The third-order valence-corrected chi connectivity index (χ3v) is 3.29. The number of nitrogens with zero attached hydrogens (tertiary/aromatic N) is 2. The predicted molar refractivity (Wildman–Crippen MR) is 70.1 cm³/mol. The summed E-state index contributed by atoms with van der Waals surface area (Å²) in [4.78, 5) is 23.8. The number of carbonyl (C=O) groups excluding carboxylic acids is 1. The molecule has 0 N–H and O–H groups in total. The van der Waals surface area contributed by atoms with Crippen molar-refractivity contribution >= 4 is 23.2 Å². The molecule has 0 fully saturated rings. The van der Waals surface area contributed by atoms with E-state index in [0.29, 0.717) is 17.0 Å². The van der Waals surface area contributed by atoms with Gasteiger partial charge < -0.3 is 4.90 Å². The Bertz CT molecular complexity index is 476. The van der Waals surface area contributed by atoms with E-state index in [2.05, 4.69) is 0 Å². The van der Waals surface area contributed by atoms with Gasteiger partial charge in [-0.2, -0.15) is 0 Å². The van der Waals surface area contributed by atoms with Crippen molar-refractivity contribution < 1.29 is 9.72 Å². The molecule has 0 aliphatic rings. The van der Waals surface area contributed by atoms with Crippen molar-refractivity contribution in [2.24, 2.45) is 0 Å². The highest BCUT2D eigenvalue weighted by Gasteiger charge is 2.19. The first-order valence-electron chi connectivity index (χ1n) is 5.46. The van der Waals surface area contributed by atoms with Crippen LogP contribution in [0.2, 0.25) is 0 Å². The normalized spacial score (nSPS) is 12.0. The lowest BCUT2D eigenvalue weighted by Gasteiger charge is -2.23. The zero-order valence-corrected chi connectivity index (χ0v) is 11.3. The summed E-state index contributed by atoms with van der Waals surface area (Å²) in [5.41, 5.74) is 0.912. The summed E-state index contributed by atoms with van der Waals surface area (Å²) < 4.78 is 0. The minimum absolute atomic E-state index is 0.0135. The van der Waals surface area contributed by atoms with Crippen LogP contribution in [0.5, 0.6) is 0 Å². The van der Waals surface area contributed by atoms with Gasteiger partial charge in [-0.3, -0.25) is 14.9 Å². The van der Waals surface area contributed by atoms with E-state index >= 15 is 0 Å². The lowest BCUT2D eigenvalue weighted by Crippen LogP contribution is -2.36. The fourth-order valence-electron chi connectivity index (χ4n) is 1.50. The summed E-state index contributed by atoms with van der Waals surface area (Å²) >= 11 is 5.69. The SMILES string of the molecule is Cc1cc(C(=O)N(C)C(C)CCl)ccc1[N+](=O)[O-]. The highest BCUT2D eigenvalue weighted by Crippen LogP contribution is 2.20. The molecule has 1 aromatic rings. The van der Waals surface area contributed by atoms with Crippen LogP contribution in [0, 0.1) is 17.0 Å². The summed E-state index contributed by atoms with van der Waals surface area (Å²) in [7, 11) is 1.66. The van der Waals surface area contributed by atoms with Gasteiger partial charge in [0.05, 0.1) is 4.92 Å². The van der Waals surface area contributed by atoms with Crippen LogP contribution in [0.25, 0.3) is 0 Å². The molecule has 98 valence electrons. The number of rotatable bonds is 4. The number of hydrogen-bond donors (Lipinski definition) is 0. The lowest BCUT2D eigenvalue weighted by molar-refractivity contribution is -0.385. The van der Waals surface area contributed by atoms with Crippen LogP contribution >= 0.6 is 11.6 Å². The molecule has 0 aromatic heterocycles. The van der Waals surface area contributed by atoms with Gasteiger partial charge in [-0.25, -0.2) is 0 Å². The average Bonchev–Trinajstić information content (AvgIpc) is 2.35. The molecule has 0 aliphatic heterocycles. The number of hydrogen-bond acceptors (Lipinski definition) is 3. The second-order valence-electron chi connectivity index (χ2n) is 4.18. The van der Waals surface area contributed by atoms with Crippen LogP contribution in [-0.4, -0.2) is 34.7 Å². The fraction of sp³-hybridized carbons (Fsp3) is 0.417. The van der Waals surface area contributed by atoms with Crippen molar-refractivity contribution in [1.29, 1.82) is 0 Å². The maximum absolute atomic E-state index is 12.1. The summed E-state index contributed by atoms with van der Waals surface area (Å²) in [5, 5.41) is 10.7. The number of benzene rings is 1. The summed E-state index contributed by atoms with van der Waals surface area (Å²) in [5.74, 6) is 0.148. The van der Waals surface area contributed by atoms with E-state index in [0.717, 1.165) is 0 Å². The van der Waals surface area contributed by atoms with E-state index in [1.165, 1.54) is 23.1 Å². The molecule has 1 amide bonds. The number of nitro groups is 1. The Hall–Kier alpha value is -1.62. The fourth-order valence-corrected chi connectivity index (χ4v) is 1.71. The Morgan fingerprint density at radius 3 is 2.61 bits per heavy atom. The molecule has 1 aromatic carbocycles. The number of nitro benzene ring substituents is 1. The molecule has 5 nitrogen and oxygen atoms in total. The molecule has 1 unspecified atom stereocenters. The van der Waals surface area contributed by atoms with Gasteiger partial charge in [-0.1, -0.05) is 0 Å². The van der Waals surface area contributed by atoms with Crippen molar-refractivity contribution in [2.45, 2.75) is 19.9 Å². The second kappa shape index (κ2) is 5.82. The first kappa shape index (κ1) is 14.4. The molecule has 0 saturated heterocycles. The van der Waals surface area contributed by atoms with Gasteiger partial charge in [0.25, 0.3) is 11.6 Å². The molecule has 0 radical (unpaired) electrons. The molecule has 0 bridgehead atoms. The number of carbonyl (C=O) groups is 1. The van der Waals surface area contributed by atoms with Crippen LogP contribution < -0.4 is 0 Å². The van der Waals surface area contributed by atoms with E-state index in [1.807, 2.05) is 6.92 Å². The Kier molecular flexibility index (Phi) is 4.67. The molecule has 1 rings (SSSR count). The Labute approximate surface area is 110 Å². The topological polar surface area (TPSA) is 63.5 Å². The minimum atomic E-state index is -0.464. The summed E-state index contributed by atoms with van der Waals surface area (Å²) in [6, 6.07) is 4.25. The minimum Gasteiger partial charge on any atom is -0.338 e. The van der Waals surface area contributed by atoms with Crippen LogP contribution in [0.4, 0.5) is 5.69 Å². The van der Waals surface area contributed by atoms with Crippen LogP contribution in [0.15, 0.2) is 18.2 Å². The van der Waals surface area contributed by atoms with Crippen molar-refractivity contribution in [3.8, 4) is 0 Å². The maximum Gasteiger partial charge on any atom is 0.272 e. The number of aryl methyl sites for hydroxylation is 1. The standard InChI is InChI=1S/C12H15ClN2O3/c1-8-6-10(4-5-11(8)15(17)18)12(16)14(3)9(2)7-13/h4-6,9H,7H2,1-3H3. The number of halogens is 1. The first-order chi connectivity index (χ1) is 8.38. The predicted octanol–water partition coefficient (Wildman–Crippen LogP) is 2.60. The van der Waals surface area contributed by atoms with E-state index in [4.69, 9.17) is 11.6 Å². The van der Waals surface area contributed by atoms with Gasteiger partial charge in [-0.15, -0.1) is 11.6 Å². The molecule has 0 aliphatic carbocycles. The Morgan fingerprint density at radius 1 is 1.56 bits per heavy atom. The molecule has 0 saturated carbocycles. The van der Waals surface area contributed by atoms with Crippen molar-refractivity contribution in [2.75, 3.05) is 12.9 Å². The van der Waals surface area contributed by atoms with Gasteiger partial charge in [0, 0.05) is 36.2 Å². The highest BCUT2D eigenvalue weighted by atomic mass is 35.5. The zero-order chi connectivity index (χ0) is 13.9. The average molecular weight is 271 g/mol. The number of alkyl halides is 1. The van der Waals surface area contributed by atoms with Gasteiger partial charge >= 0.3 is 0 Å². The van der Waals surface area contributed by atoms with Crippen molar-refractivity contribution in [1.82, 2.24) is 4.90 Å². The summed E-state index contributed by atoms with van der Waals surface area (Å²) in [6.45, 7) is 3.45. The third-order valence-electron chi connectivity index (χ3n) is 2.85. The van der Waals surface area contributed by atoms with E-state index in [-0.39, 0.29) is 17.6 Å². The monoisotopic (exact) mass is 270 g/mol. The molecule has 1 atom stereocenters. The summed E-state index contributed by atoms with van der Waals surface area (Å²) in [6.07, 6.45) is 0. The van der Waals surface area contributed by atoms with Gasteiger partial charge in [0.1, 0.15) is 0 Å². The van der Waals surface area contributed by atoms with Crippen LogP contribution in [0.3, 0.4) is 0 Å². The number of amides is 1. The van der Waals surface area contributed by atoms with E-state index < -0.39 is 4.92 Å². The van der Waals surface area contributed by atoms with Gasteiger partial charge in [-0.05, 0) is 26.0 Å². The van der Waals surface area contributed by atoms with Gasteiger partial charge in [0.15, 0.2) is 0 Å². The molecular weight excluding hydrogens is 256 g/mol. The van der Waals surface area contributed by atoms with Crippen LogP contribution in [-0.2, 0) is 0 Å². The van der Waals surface area contributed by atoms with Crippen molar-refractivity contribution in [3.05, 3.63) is 39.4 Å². The van der Waals surface area contributed by atoms with E-state index in [9.17, 15) is 14.9 Å². The largest absolute Gasteiger partial charge is 0.338 e. The Morgan fingerprint density at radius 2 is 2.17 bits per heavy atom. The molecule has 18 heavy (non-hydrogen) atoms. The second-order valence-corrected chi connectivity index (χ2v) is 4.49. The molecule has 0 spiro atoms. The van der Waals surface area contributed by atoms with Gasteiger partial charge in [0.2, 0.25) is 0 Å². The van der Waals surface area contributed by atoms with Crippen LogP contribution in [0.1, 0.15) is 22.8 Å².